The third kappa shape index (κ3) is 3.27. The summed E-state index contributed by atoms with van der Waals surface area (Å²) in [7, 11) is -2.49. The Morgan fingerprint density at radius 1 is 0.581 bits per heavy atom. The second-order valence-corrected chi connectivity index (χ2v) is 13.9. The number of aryl methyl sites for hydroxylation is 3. The van der Waals surface area contributed by atoms with Gasteiger partial charge in [0, 0.05) is 5.04 Å². The highest BCUT2D eigenvalue weighted by atomic mass is 28.3. The molecule has 4 rings (SSSR count). The summed E-state index contributed by atoms with van der Waals surface area (Å²) < 4.78 is 0. The Labute approximate surface area is 189 Å². The molecule has 0 radical (unpaired) electrons. The third-order valence-electron chi connectivity index (χ3n) is 7.53. The Morgan fingerprint density at radius 3 is 1.71 bits per heavy atom. The van der Waals surface area contributed by atoms with Crippen molar-refractivity contribution >= 4 is 23.6 Å². The van der Waals surface area contributed by atoms with E-state index in [-0.39, 0.29) is 5.04 Å². The highest BCUT2D eigenvalue weighted by Crippen LogP contribution is 2.52. The Balaban J connectivity index is 2.24. The van der Waals surface area contributed by atoms with Gasteiger partial charge < -0.3 is 0 Å². The van der Waals surface area contributed by atoms with Crippen LogP contribution in [0.4, 0.5) is 0 Å². The quantitative estimate of drug-likeness (QED) is 0.350. The van der Waals surface area contributed by atoms with Crippen molar-refractivity contribution in [3.63, 3.8) is 0 Å². The van der Waals surface area contributed by atoms with E-state index in [0.717, 1.165) is 0 Å². The lowest BCUT2D eigenvalue weighted by molar-refractivity contribution is 0.870. The van der Waals surface area contributed by atoms with E-state index in [1.165, 1.54) is 49.0 Å². The SMILES string of the molecule is CC1=CC(C)([Si](c2ccccc2)(c2cccc(C)c2)c2cc(C)cc(C)c2)C(C)=C1C. The van der Waals surface area contributed by atoms with Gasteiger partial charge in [-0.2, -0.15) is 0 Å². The highest BCUT2D eigenvalue weighted by Gasteiger charge is 2.56. The summed E-state index contributed by atoms with van der Waals surface area (Å²) in [6, 6.07) is 27.9. The van der Waals surface area contributed by atoms with Crippen molar-refractivity contribution in [2.75, 3.05) is 0 Å². The molecule has 0 fully saturated rings. The van der Waals surface area contributed by atoms with Gasteiger partial charge in [0.25, 0.3) is 0 Å². The van der Waals surface area contributed by atoms with Crippen LogP contribution in [-0.4, -0.2) is 8.07 Å². The van der Waals surface area contributed by atoms with Crippen molar-refractivity contribution in [2.45, 2.75) is 53.5 Å². The molecule has 2 unspecified atom stereocenters. The third-order valence-corrected chi connectivity index (χ3v) is 13.1. The Kier molecular flexibility index (Phi) is 5.43. The van der Waals surface area contributed by atoms with E-state index in [1.807, 2.05) is 0 Å². The van der Waals surface area contributed by atoms with Gasteiger partial charge in [-0.15, -0.1) is 0 Å². The lowest BCUT2D eigenvalue weighted by atomic mass is 10.0. The average Bonchev–Trinajstić information content (AvgIpc) is 2.92. The second-order valence-electron chi connectivity index (χ2n) is 9.64. The van der Waals surface area contributed by atoms with Crippen LogP contribution in [0.5, 0.6) is 0 Å². The number of benzene rings is 3. The van der Waals surface area contributed by atoms with Crippen LogP contribution in [0.2, 0.25) is 5.04 Å². The Bertz CT molecular complexity index is 1180. The van der Waals surface area contributed by atoms with Crippen LogP contribution in [0.1, 0.15) is 44.4 Å². The molecule has 0 saturated carbocycles. The monoisotopic (exact) mass is 422 g/mol. The summed E-state index contributed by atoms with van der Waals surface area (Å²) in [6.45, 7) is 16.2. The van der Waals surface area contributed by atoms with E-state index >= 15 is 0 Å². The maximum absolute atomic E-state index is 2.58. The lowest BCUT2D eigenvalue weighted by Gasteiger charge is -2.47. The molecule has 0 bridgehead atoms. The van der Waals surface area contributed by atoms with Gasteiger partial charge in [-0.1, -0.05) is 114 Å². The summed E-state index contributed by atoms with van der Waals surface area (Å²) in [5, 5.41) is 4.43. The Morgan fingerprint density at radius 2 is 1.16 bits per heavy atom. The molecule has 1 aliphatic rings. The van der Waals surface area contributed by atoms with E-state index in [1.54, 1.807) is 0 Å². The van der Waals surface area contributed by atoms with Crippen LogP contribution in [-0.2, 0) is 0 Å². The fourth-order valence-corrected chi connectivity index (χ4v) is 12.2. The van der Waals surface area contributed by atoms with Gasteiger partial charge in [0.1, 0.15) is 0 Å². The zero-order valence-corrected chi connectivity index (χ0v) is 21.0. The predicted molar refractivity (Wildman–Crippen MR) is 139 cm³/mol. The number of hydrogen-bond donors (Lipinski definition) is 0. The topological polar surface area (TPSA) is 0 Å². The first-order valence-corrected chi connectivity index (χ1v) is 13.3. The maximum Gasteiger partial charge on any atom is 0.161 e. The molecule has 2 atom stereocenters. The molecule has 0 N–H and O–H groups in total. The summed E-state index contributed by atoms with van der Waals surface area (Å²) in [4.78, 5) is 0. The molecule has 0 aromatic heterocycles. The number of hydrogen-bond acceptors (Lipinski definition) is 0. The molecule has 1 aliphatic carbocycles. The normalized spacial score (nSPS) is 20.5. The van der Waals surface area contributed by atoms with Gasteiger partial charge in [0.2, 0.25) is 0 Å². The van der Waals surface area contributed by atoms with Crippen molar-refractivity contribution in [1.82, 2.24) is 0 Å². The zero-order valence-electron chi connectivity index (χ0n) is 20.0. The summed E-state index contributed by atoms with van der Waals surface area (Å²) in [5.41, 5.74) is 8.40. The smallest absolute Gasteiger partial charge is 0.0730 e. The maximum atomic E-state index is 2.58. The van der Waals surface area contributed by atoms with Crippen molar-refractivity contribution in [3.05, 3.63) is 112 Å². The van der Waals surface area contributed by atoms with Crippen molar-refractivity contribution in [2.24, 2.45) is 0 Å². The van der Waals surface area contributed by atoms with E-state index in [4.69, 9.17) is 0 Å². The van der Waals surface area contributed by atoms with Crippen LogP contribution >= 0.6 is 0 Å². The Hall–Kier alpha value is -2.64. The highest BCUT2D eigenvalue weighted by molar-refractivity contribution is 7.14. The number of rotatable bonds is 4. The van der Waals surface area contributed by atoms with Gasteiger partial charge in [-0.05, 0) is 62.7 Å². The van der Waals surface area contributed by atoms with Gasteiger partial charge in [0.05, 0.1) is 0 Å². The molecule has 3 aromatic rings. The molecule has 0 heterocycles. The molecule has 158 valence electrons. The summed E-state index contributed by atoms with van der Waals surface area (Å²) in [6.07, 6.45) is 2.58. The molecule has 0 saturated heterocycles. The first-order valence-electron chi connectivity index (χ1n) is 11.3. The van der Waals surface area contributed by atoms with Crippen molar-refractivity contribution in [1.29, 1.82) is 0 Å². The molecule has 0 nitrogen and oxygen atoms in total. The fraction of sp³-hybridized carbons (Fsp3) is 0.267. The summed E-state index contributed by atoms with van der Waals surface area (Å²) in [5.74, 6) is 0. The molecule has 0 amide bonds. The molecule has 0 spiro atoms. The standard InChI is InChI=1S/C30H34Si/c1-21-12-11-15-28(17-21)31(27-13-9-8-10-14-27,29-18-22(2)16-23(3)19-29)30(7)20-24(4)25(5)26(30)6/h8-20H,1-7H3. The number of allylic oxidation sites excluding steroid dienone is 4. The fourth-order valence-electron chi connectivity index (χ4n) is 5.88. The van der Waals surface area contributed by atoms with Crippen LogP contribution in [0.3, 0.4) is 0 Å². The van der Waals surface area contributed by atoms with Crippen LogP contribution < -0.4 is 15.6 Å². The van der Waals surface area contributed by atoms with Crippen LogP contribution in [0.25, 0.3) is 0 Å². The van der Waals surface area contributed by atoms with Crippen LogP contribution in [0, 0.1) is 20.8 Å². The molecule has 1 heteroatoms. The van der Waals surface area contributed by atoms with E-state index in [0.29, 0.717) is 0 Å². The molecular formula is C30H34Si. The van der Waals surface area contributed by atoms with Gasteiger partial charge in [-0.3, -0.25) is 0 Å². The van der Waals surface area contributed by atoms with E-state index < -0.39 is 8.07 Å². The molecular weight excluding hydrogens is 388 g/mol. The first kappa shape index (κ1) is 21.6. The largest absolute Gasteiger partial charge is 0.161 e. The molecule has 31 heavy (non-hydrogen) atoms. The first-order chi connectivity index (χ1) is 14.7. The average molecular weight is 423 g/mol. The second kappa shape index (κ2) is 7.80. The van der Waals surface area contributed by atoms with E-state index in [9.17, 15) is 0 Å². The lowest BCUT2D eigenvalue weighted by Crippen LogP contribution is -2.73. The van der Waals surface area contributed by atoms with Gasteiger partial charge in [-0.25, -0.2) is 0 Å². The van der Waals surface area contributed by atoms with Crippen molar-refractivity contribution in [3.8, 4) is 0 Å². The van der Waals surface area contributed by atoms with E-state index in [2.05, 4.69) is 127 Å². The minimum Gasteiger partial charge on any atom is -0.0730 e. The van der Waals surface area contributed by atoms with Gasteiger partial charge >= 0.3 is 0 Å². The van der Waals surface area contributed by atoms with Crippen LogP contribution in [0.15, 0.2) is 95.6 Å². The molecule has 0 aliphatic heterocycles. The zero-order chi connectivity index (χ0) is 22.4. The minimum atomic E-state index is -2.49. The summed E-state index contributed by atoms with van der Waals surface area (Å²) >= 11 is 0. The van der Waals surface area contributed by atoms with Gasteiger partial charge in [0.15, 0.2) is 8.07 Å². The van der Waals surface area contributed by atoms with Crippen molar-refractivity contribution < 1.29 is 0 Å². The minimum absolute atomic E-state index is 0.0451. The molecule has 3 aromatic carbocycles. The predicted octanol–water partition coefficient (Wildman–Crippen LogP) is 6.14.